The van der Waals surface area contributed by atoms with Crippen LogP contribution in [0.3, 0.4) is 0 Å². The van der Waals surface area contributed by atoms with Crippen LogP contribution >= 0.6 is 0 Å². The highest BCUT2D eigenvalue weighted by Gasteiger charge is 2.66. The fourth-order valence-corrected chi connectivity index (χ4v) is 6.69. The number of nitrogens with zero attached hydrogens (tertiary/aromatic N) is 2. The summed E-state index contributed by atoms with van der Waals surface area (Å²) in [5.74, 6) is -16.6. The highest BCUT2D eigenvalue weighted by Crippen LogP contribution is 2.42. The van der Waals surface area contributed by atoms with E-state index in [4.69, 9.17) is 15.6 Å². The van der Waals surface area contributed by atoms with E-state index in [-0.39, 0.29) is 47.3 Å². The van der Waals surface area contributed by atoms with Gasteiger partial charge in [-0.15, -0.1) is 0 Å². The number of alkyl halides is 4. The number of carboxylic acids is 1. The highest BCUT2D eigenvalue weighted by molar-refractivity contribution is 5.98. The smallest absolute Gasteiger partial charge is 0.411 e. The lowest BCUT2D eigenvalue weighted by molar-refractivity contribution is -0.231. The number of benzene rings is 3. The first-order valence-corrected chi connectivity index (χ1v) is 18.4. The van der Waals surface area contributed by atoms with Crippen LogP contribution in [0.1, 0.15) is 59.9 Å². The van der Waals surface area contributed by atoms with E-state index in [1.807, 2.05) is 50.2 Å². The van der Waals surface area contributed by atoms with Crippen molar-refractivity contribution in [2.75, 3.05) is 25.6 Å². The number of aryl methyl sites for hydroxylation is 1. The standard InChI is InChI=1S/C40H45F4N7O6/c1-22-18-29(35(53)46-23(2)21-57-3)14-17-31(22)26-8-4-24(5-9-26)19-32(48-34(52)28-10-6-25(20-45)7-11-28)36(54)47-30-15-12-27(13-16-30)33-49-37(51-50-33)39(41,42)40(43,44)38(55)56/h4-5,8-9,12-18,23,25,28,32H,6-7,10-11,19-21,45H2,1-3H3,(H,46,53)(H,47,54)(H,48,52)(H,55,56)(H,49,50,51)/t23?,25-,28-,32?. The van der Waals surface area contributed by atoms with E-state index in [9.17, 15) is 36.7 Å². The zero-order chi connectivity index (χ0) is 41.5. The van der Waals surface area contributed by atoms with Crippen LogP contribution in [0.25, 0.3) is 22.5 Å². The number of carbonyl (C=O) groups excluding carboxylic acids is 3. The number of H-pyrrole nitrogens is 1. The molecule has 2 atom stereocenters. The number of hydrogen-bond acceptors (Lipinski definition) is 8. The normalized spacial score (nSPS) is 17.0. The molecule has 0 radical (unpaired) electrons. The summed E-state index contributed by atoms with van der Waals surface area (Å²) < 4.78 is 60.9. The number of carbonyl (C=O) groups is 4. The lowest BCUT2D eigenvalue weighted by Gasteiger charge is -2.28. The Morgan fingerprint density at radius 3 is 2.19 bits per heavy atom. The van der Waals surface area contributed by atoms with Gasteiger partial charge in [0.15, 0.2) is 5.82 Å². The molecule has 0 aliphatic heterocycles. The number of ether oxygens (including phenoxy) is 1. The van der Waals surface area contributed by atoms with E-state index in [1.165, 1.54) is 24.3 Å². The lowest BCUT2D eigenvalue weighted by Crippen LogP contribution is -2.48. The van der Waals surface area contributed by atoms with Gasteiger partial charge in [-0.2, -0.15) is 22.7 Å². The zero-order valence-electron chi connectivity index (χ0n) is 31.6. The maximum atomic E-state index is 14.2. The summed E-state index contributed by atoms with van der Waals surface area (Å²) in [6.45, 7) is 4.70. The van der Waals surface area contributed by atoms with Crippen molar-refractivity contribution >= 4 is 29.4 Å². The van der Waals surface area contributed by atoms with E-state index in [1.54, 1.807) is 13.2 Å². The monoisotopic (exact) mass is 795 g/mol. The van der Waals surface area contributed by atoms with Gasteiger partial charge in [-0.25, -0.2) is 9.78 Å². The van der Waals surface area contributed by atoms with Gasteiger partial charge in [-0.05, 0) is 111 Å². The van der Waals surface area contributed by atoms with Gasteiger partial charge in [-0.3, -0.25) is 19.5 Å². The number of anilines is 1. The predicted octanol–water partition coefficient (Wildman–Crippen LogP) is 5.45. The van der Waals surface area contributed by atoms with E-state index in [2.05, 4.69) is 31.1 Å². The van der Waals surface area contributed by atoms with Crippen molar-refractivity contribution in [3.05, 3.63) is 89.2 Å². The largest absolute Gasteiger partial charge is 0.477 e. The van der Waals surface area contributed by atoms with Crippen LogP contribution < -0.4 is 21.7 Å². The van der Waals surface area contributed by atoms with Crippen LogP contribution in [0.2, 0.25) is 0 Å². The third-order valence-electron chi connectivity index (χ3n) is 10.0. The van der Waals surface area contributed by atoms with Crippen LogP contribution in [0, 0.1) is 18.8 Å². The molecule has 5 rings (SSSR count). The van der Waals surface area contributed by atoms with Crippen molar-refractivity contribution in [2.24, 2.45) is 17.6 Å². The molecule has 0 saturated heterocycles. The summed E-state index contributed by atoms with van der Waals surface area (Å²) in [6, 6.07) is 17.3. The van der Waals surface area contributed by atoms with Crippen molar-refractivity contribution in [1.82, 2.24) is 25.8 Å². The first-order valence-electron chi connectivity index (χ1n) is 18.4. The molecule has 13 nitrogen and oxygen atoms in total. The van der Waals surface area contributed by atoms with Crippen LogP contribution in [-0.2, 0) is 31.5 Å². The van der Waals surface area contributed by atoms with Crippen molar-refractivity contribution in [1.29, 1.82) is 0 Å². The highest BCUT2D eigenvalue weighted by atomic mass is 19.3. The van der Waals surface area contributed by atoms with Gasteiger partial charge in [0.05, 0.1) is 6.61 Å². The number of aliphatic carboxylic acids is 1. The number of amides is 3. The molecule has 1 fully saturated rings. The Morgan fingerprint density at radius 1 is 0.947 bits per heavy atom. The summed E-state index contributed by atoms with van der Waals surface area (Å²) in [6.07, 6.45) is 3.05. The number of aromatic nitrogens is 3. The van der Waals surface area contributed by atoms with Crippen LogP contribution in [0.4, 0.5) is 23.2 Å². The first kappa shape index (κ1) is 42.5. The molecule has 304 valence electrons. The van der Waals surface area contributed by atoms with E-state index < -0.39 is 35.6 Å². The van der Waals surface area contributed by atoms with Crippen LogP contribution in [0.15, 0.2) is 66.7 Å². The number of rotatable bonds is 16. The minimum absolute atomic E-state index is 0.129. The maximum Gasteiger partial charge on any atom is 0.411 e. The fraction of sp³-hybridized carbons (Fsp3) is 0.400. The minimum Gasteiger partial charge on any atom is -0.477 e. The molecule has 1 aliphatic carbocycles. The predicted molar refractivity (Wildman–Crippen MR) is 202 cm³/mol. The first-order chi connectivity index (χ1) is 27.0. The zero-order valence-corrected chi connectivity index (χ0v) is 31.6. The molecule has 1 heterocycles. The summed E-state index contributed by atoms with van der Waals surface area (Å²) in [4.78, 5) is 54.0. The number of nitrogens with one attached hydrogen (secondary N) is 4. The van der Waals surface area contributed by atoms with Crippen LogP contribution in [-0.4, -0.2) is 82.2 Å². The second-order valence-corrected chi connectivity index (χ2v) is 14.3. The van der Waals surface area contributed by atoms with Gasteiger partial charge in [0, 0.05) is 42.3 Å². The van der Waals surface area contributed by atoms with Gasteiger partial charge in [-0.1, -0.05) is 30.3 Å². The quantitative estimate of drug-likeness (QED) is 0.0798. The Kier molecular flexibility index (Phi) is 13.5. The SMILES string of the molecule is COCC(C)NC(=O)c1ccc(-c2ccc(CC(NC(=O)[C@H]3CC[C@H](CN)CC3)C(=O)Nc3ccc(-c4nc(C(F)(F)C(F)(F)C(=O)O)n[nH]4)cc3)cc2)c(C)c1. The molecule has 1 aliphatic rings. The fourth-order valence-electron chi connectivity index (χ4n) is 6.69. The molecular weight excluding hydrogens is 750 g/mol. The molecule has 3 amide bonds. The Morgan fingerprint density at radius 2 is 1.60 bits per heavy atom. The summed E-state index contributed by atoms with van der Waals surface area (Å²) in [5.41, 5.74) is 10.2. The van der Waals surface area contributed by atoms with E-state index >= 15 is 0 Å². The molecule has 1 saturated carbocycles. The number of carboxylic acid groups (broad SMARTS) is 1. The molecule has 3 aromatic carbocycles. The lowest BCUT2D eigenvalue weighted by atomic mass is 9.81. The molecule has 7 N–H and O–H groups in total. The summed E-state index contributed by atoms with van der Waals surface area (Å²) >= 11 is 0. The van der Waals surface area contributed by atoms with Crippen molar-refractivity contribution < 1.29 is 46.6 Å². The molecule has 2 unspecified atom stereocenters. The molecule has 17 heteroatoms. The third kappa shape index (κ3) is 10.0. The van der Waals surface area contributed by atoms with Gasteiger partial charge in [0.1, 0.15) is 6.04 Å². The number of nitrogens with two attached hydrogens (primary N) is 1. The Balaban J connectivity index is 1.30. The number of methoxy groups -OCH3 is 1. The average molecular weight is 796 g/mol. The molecule has 4 aromatic rings. The molecule has 57 heavy (non-hydrogen) atoms. The molecule has 0 spiro atoms. The van der Waals surface area contributed by atoms with Gasteiger partial charge >= 0.3 is 17.8 Å². The van der Waals surface area contributed by atoms with Crippen LogP contribution in [0.5, 0.6) is 0 Å². The molecule has 0 bridgehead atoms. The van der Waals surface area contributed by atoms with Crippen molar-refractivity contribution in [3.8, 4) is 22.5 Å². The third-order valence-corrected chi connectivity index (χ3v) is 10.0. The topological polar surface area (TPSA) is 201 Å². The molecule has 1 aromatic heterocycles. The van der Waals surface area contributed by atoms with E-state index in [0.29, 0.717) is 37.5 Å². The molecular formula is C40H45F4N7O6. The Bertz CT molecular complexity index is 2050. The number of hydrogen-bond donors (Lipinski definition) is 6. The average Bonchev–Trinajstić information content (AvgIpc) is 3.70. The number of aromatic amines is 1. The van der Waals surface area contributed by atoms with Gasteiger partial charge < -0.3 is 31.5 Å². The van der Waals surface area contributed by atoms with Gasteiger partial charge in [0.25, 0.3) is 5.91 Å². The second kappa shape index (κ2) is 18.1. The summed E-state index contributed by atoms with van der Waals surface area (Å²) in [7, 11) is 1.57. The maximum absolute atomic E-state index is 14.2. The number of halogens is 4. The Hall–Kier alpha value is -5.68. The van der Waals surface area contributed by atoms with E-state index in [0.717, 1.165) is 35.1 Å². The van der Waals surface area contributed by atoms with Gasteiger partial charge in [0.2, 0.25) is 17.6 Å². The minimum atomic E-state index is -5.45. The van der Waals surface area contributed by atoms with Crippen molar-refractivity contribution in [3.63, 3.8) is 0 Å². The van der Waals surface area contributed by atoms with Crippen molar-refractivity contribution in [2.45, 2.75) is 69.9 Å². The second-order valence-electron chi connectivity index (χ2n) is 14.3. The summed E-state index contributed by atoms with van der Waals surface area (Å²) in [5, 5.41) is 22.4. The Labute approximate surface area is 326 Å².